The van der Waals surface area contributed by atoms with Gasteiger partial charge in [-0.05, 0) is 43.2 Å². The highest BCUT2D eigenvalue weighted by atomic mass is 32.2. The normalized spacial score (nSPS) is 12.4. The average Bonchev–Trinajstić information content (AvgIpc) is 3.20. The number of benzene rings is 1. The van der Waals surface area contributed by atoms with Gasteiger partial charge in [-0.15, -0.1) is 11.8 Å². The van der Waals surface area contributed by atoms with E-state index in [0.29, 0.717) is 4.90 Å². The summed E-state index contributed by atoms with van der Waals surface area (Å²) in [7, 11) is 0. The van der Waals surface area contributed by atoms with Crippen LogP contribution in [0.5, 0.6) is 0 Å². The fourth-order valence-electron chi connectivity index (χ4n) is 2.41. The topological polar surface area (TPSA) is 71.3 Å². The highest BCUT2D eigenvalue weighted by Crippen LogP contribution is 2.38. The number of rotatable bonds is 9. The lowest BCUT2D eigenvalue weighted by atomic mass is 10.1. The van der Waals surface area contributed by atoms with Crippen molar-refractivity contribution >= 4 is 29.3 Å². The molecule has 0 fully saturated rings. The number of anilines is 1. The van der Waals surface area contributed by atoms with E-state index in [9.17, 15) is 22.8 Å². The number of halogens is 3. The zero-order valence-corrected chi connectivity index (χ0v) is 17.0. The van der Waals surface area contributed by atoms with Gasteiger partial charge in [-0.1, -0.05) is 13.8 Å². The van der Waals surface area contributed by atoms with Crippen molar-refractivity contribution in [1.82, 2.24) is 5.32 Å². The van der Waals surface area contributed by atoms with E-state index in [4.69, 9.17) is 4.42 Å². The van der Waals surface area contributed by atoms with Crippen LogP contribution in [0.3, 0.4) is 0 Å². The number of amides is 2. The lowest BCUT2D eigenvalue weighted by Crippen LogP contribution is -2.25. The smallest absolute Gasteiger partial charge is 0.418 e. The first-order valence-corrected chi connectivity index (χ1v) is 10.1. The Morgan fingerprint density at radius 1 is 1.24 bits per heavy atom. The largest absolute Gasteiger partial charge is 0.459 e. The van der Waals surface area contributed by atoms with Crippen LogP contribution in [0.2, 0.25) is 0 Å². The van der Waals surface area contributed by atoms with Crippen LogP contribution in [0, 0.1) is 0 Å². The Kier molecular flexibility index (Phi) is 8.19. The Morgan fingerprint density at radius 2 is 2.00 bits per heavy atom. The Balaban J connectivity index is 1.92. The van der Waals surface area contributed by atoms with Crippen molar-refractivity contribution in [2.24, 2.45) is 0 Å². The molecule has 2 amide bonds. The molecule has 5 nitrogen and oxygen atoms in total. The molecule has 1 atom stereocenters. The van der Waals surface area contributed by atoms with E-state index in [1.54, 1.807) is 12.1 Å². The molecule has 9 heteroatoms. The van der Waals surface area contributed by atoms with Gasteiger partial charge in [0.25, 0.3) is 5.91 Å². The van der Waals surface area contributed by atoms with Crippen LogP contribution < -0.4 is 10.6 Å². The van der Waals surface area contributed by atoms with Crippen LogP contribution in [-0.2, 0) is 11.0 Å². The fourth-order valence-corrected chi connectivity index (χ4v) is 3.38. The van der Waals surface area contributed by atoms with E-state index in [-0.39, 0.29) is 36.1 Å². The molecule has 0 saturated heterocycles. The van der Waals surface area contributed by atoms with Crippen LogP contribution in [-0.4, -0.2) is 23.6 Å². The van der Waals surface area contributed by atoms with Crippen molar-refractivity contribution in [3.63, 3.8) is 0 Å². The summed E-state index contributed by atoms with van der Waals surface area (Å²) in [6.07, 6.45) is -2.12. The minimum Gasteiger partial charge on any atom is -0.459 e. The molecule has 1 unspecified atom stereocenters. The van der Waals surface area contributed by atoms with Crippen molar-refractivity contribution in [3.8, 4) is 0 Å². The molecule has 2 rings (SSSR count). The molecule has 2 aromatic rings. The van der Waals surface area contributed by atoms with E-state index in [1.165, 1.54) is 30.2 Å². The molecule has 1 aromatic carbocycles. The molecule has 1 heterocycles. The summed E-state index contributed by atoms with van der Waals surface area (Å²) in [5, 5.41) is 5.09. The molecule has 158 valence electrons. The van der Waals surface area contributed by atoms with Crippen LogP contribution >= 0.6 is 11.8 Å². The minimum atomic E-state index is -4.58. The zero-order valence-electron chi connectivity index (χ0n) is 16.1. The lowest BCUT2D eigenvalue weighted by molar-refractivity contribution is -0.137. The number of thioether (sulfide) groups is 1. The number of hydrogen-bond acceptors (Lipinski definition) is 4. The molecule has 0 radical (unpaired) electrons. The van der Waals surface area contributed by atoms with Gasteiger partial charge in [-0.2, -0.15) is 13.2 Å². The Labute approximate surface area is 171 Å². The SMILES string of the molecule is CCC(C)Sc1ccc(NC(=O)CCCNC(=O)c2ccco2)c(C(F)(F)F)c1. The third-order valence-corrected chi connectivity index (χ3v) is 5.36. The molecule has 0 aliphatic heterocycles. The Morgan fingerprint density at radius 3 is 2.62 bits per heavy atom. The van der Waals surface area contributed by atoms with E-state index >= 15 is 0 Å². The van der Waals surface area contributed by atoms with Crippen LogP contribution in [0.25, 0.3) is 0 Å². The maximum Gasteiger partial charge on any atom is 0.418 e. The molecule has 0 saturated carbocycles. The van der Waals surface area contributed by atoms with Gasteiger partial charge in [-0.3, -0.25) is 9.59 Å². The van der Waals surface area contributed by atoms with Crippen molar-refractivity contribution in [2.75, 3.05) is 11.9 Å². The maximum atomic E-state index is 13.4. The molecule has 0 spiro atoms. The third kappa shape index (κ3) is 7.16. The number of nitrogens with one attached hydrogen (secondary N) is 2. The molecule has 0 bridgehead atoms. The summed E-state index contributed by atoms with van der Waals surface area (Å²) < 4.78 is 45.2. The van der Waals surface area contributed by atoms with Gasteiger partial charge >= 0.3 is 6.18 Å². The van der Waals surface area contributed by atoms with Gasteiger partial charge in [-0.25, -0.2) is 0 Å². The van der Waals surface area contributed by atoms with Crippen molar-refractivity contribution in [3.05, 3.63) is 47.9 Å². The molecule has 1 aromatic heterocycles. The first-order valence-electron chi connectivity index (χ1n) is 9.20. The second kappa shape index (κ2) is 10.4. The number of alkyl halides is 3. The van der Waals surface area contributed by atoms with E-state index in [2.05, 4.69) is 10.6 Å². The molecule has 29 heavy (non-hydrogen) atoms. The second-order valence-corrected chi connectivity index (χ2v) is 7.94. The quantitative estimate of drug-likeness (QED) is 0.418. The van der Waals surface area contributed by atoms with Gasteiger partial charge in [0.2, 0.25) is 5.91 Å². The fraction of sp³-hybridized carbons (Fsp3) is 0.400. The highest BCUT2D eigenvalue weighted by molar-refractivity contribution is 7.99. The first kappa shape index (κ1) is 22.9. The Bertz CT molecular complexity index is 823. The van der Waals surface area contributed by atoms with Gasteiger partial charge in [0.15, 0.2) is 5.76 Å². The molecule has 0 aliphatic carbocycles. The number of carbonyl (C=O) groups is 2. The lowest BCUT2D eigenvalue weighted by Gasteiger charge is -2.16. The second-order valence-electron chi connectivity index (χ2n) is 6.43. The number of furan rings is 1. The summed E-state index contributed by atoms with van der Waals surface area (Å²) in [4.78, 5) is 24.3. The molecule has 0 aliphatic rings. The van der Waals surface area contributed by atoms with Gasteiger partial charge in [0.1, 0.15) is 0 Å². The predicted molar refractivity (Wildman–Crippen MR) is 106 cm³/mol. The maximum absolute atomic E-state index is 13.4. The van der Waals surface area contributed by atoms with E-state index in [1.807, 2.05) is 13.8 Å². The van der Waals surface area contributed by atoms with Crippen LogP contribution in [0.4, 0.5) is 18.9 Å². The molecular formula is C20H23F3N2O3S. The third-order valence-electron chi connectivity index (χ3n) is 4.09. The summed E-state index contributed by atoms with van der Waals surface area (Å²) >= 11 is 1.36. The van der Waals surface area contributed by atoms with Gasteiger partial charge in [0, 0.05) is 23.1 Å². The molecular weight excluding hydrogens is 405 g/mol. The van der Waals surface area contributed by atoms with Crippen molar-refractivity contribution < 1.29 is 27.2 Å². The van der Waals surface area contributed by atoms with Crippen molar-refractivity contribution in [1.29, 1.82) is 0 Å². The van der Waals surface area contributed by atoms with Crippen molar-refractivity contribution in [2.45, 2.75) is 49.4 Å². The average molecular weight is 428 g/mol. The number of carbonyl (C=O) groups excluding carboxylic acids is 2. The van der Waals surface area contributed by atoms with E-state index < -0.39 is 23.6 Å². The van der Waals surface area contributed by atoms with Gasteiger partial charge in [0.05, 0.1) is 17.5 Å². The monoisotopic (exact) mass is 428 g/mol. The molecule has 2 N–H and O–H groups in total. The number of hydrogen-bond donors (Lipinski definition) is 2. The van der Waals surface area contributed by atoms with Crippen LogP contribution in [0.1, 0.15) is 49.2 Å². The highest BCUT2D eigenvalue weighted by Gasteiger charge is 2.34. The van der Waals surface area contributed by atoms with Gasteiger partial charge < -0.3 is 15.1 Å². The zero-order chi connectivity index (χ0) is 21.4. The predicted octanol–water partition coefficient (Wildman–Crippen LogP) is 5.34. The summed E-state index contributed by atoms with van der Waals surface area (Å²) in [6, 6.07) is 7.00. The first-order chi connectivity index (χ1) is 13.7. The standard InChI is InChI=1S/C20H23F3N2O3S/c1-3-13(2)29-14-8-9-16(15(12-14)20(21,22)23)25-18(26)7-4-10-24-19(27)17-6-5-11-28-17/h5-6,8-9,11-13H,3-4,7,10H2,1-2H3,(H,24,27)(H,25,26). The van der Waals surface area contributed by atoms with Crippen LogP contribution in [0.15, 0.2) is 45.9 Å². The summed E-state index contributed by atoms with van der Waals surface area (Å²) in [5.74, 6) is -0.811. The summed E-state index contributed by atoms with van der Waals surface area (Å²) in [5.41, 5.74) is -1.14. The minimum absolute atomic E-state index is 0.0287. The summed E-state index contributed by atoms with van der Waals surface area (Å²) in [6.45, 7) is 4.11. The van der Waals surface area contributed by atoms with E-state index in [0.717, 1.165) is 12.5 Å². The Hall–Kier alpha value is -2.42.